The van der Waals surface area contributed by atoms with E-state index in [1.54, 1.807) is 0 Å². The second kappa shape index (κ2) is 9.58. The summed E-state index contributed by atoms with van der Waals surface area (Å²) < 4.78 is 12.0. The van der Waals surface area contributed by atoms with E-state index in [9.17, 15) is 4.79 Å². The van der Waals surface area contributed by atoms with Gasteiger partial charge >= 0.3 is 0 Å². The minimum Gasteiger partial charge on any atom is -0.493 e. The van der Waals surface area contributed by atoms with Gasteiger partial charge in [0.15, 0.2) is 0 Å². The number of hydrogen-bond donors (Lipinski definition) is 1. The lowest BCUT2D eigenvalue weighted by molar-refractivity contribution is -0.115. The molecule has 1 saturated heterocycles. The molecule has 0 unspecified atom stereocenters. The molecule has 0 aliphatic carbocycles. The zero-order chi connectivity index (χ0) is 19.1. The van der Waals surface area contributed by atoms with Crippen molar-refractivity contribution in [2.24, 2.45) is 0 Å². The molecule has 1 N–H and O–H groups in total. The zero-order valence-corrected chi connectivity index (χ0v) is 16.7. The van der Waals surface area contributed by atoms with Crippen LogP contribution in [0.4, 0.5) is 0 Å². The SMILES string of the molecule is CCc1ccc(OCCCOc2cccc(/C=C3/SC(=S)NC3=O)c2)cc1. The number of aryl methyl sites for hydroxylation is 1. The van der Waals surface area contributed by atoms with Crippen LogP contribution in [-0.4, -0.2) is 23.4 Å². The summed E-state index contributed by atoms with van der Waals surface area (Å²) in [5, 5.41) is 2.61. The Labute approximate surface area is 168 Å². The Morgan fingerprint density at radius 1 is 1.07 bits per heavy atom. The largest absolute Gasteiger partial charge is 0.493 e. The van der Waals surface area contributed by atoms with Crippen molar-refractivity contribution < 1.29 is 14.3 Å². The van der Waals surface area contributed by atoms with Gasteiger partial charge in [0.2, 0.25) is 0 Å². The number of thiocarbonyl (C=S) groups is 1. The Bertz CT molecular complexity index is 847. The maximum Gasteiger partial charge on any atom is 0.263 e. The molecule has 0 atom stereocenters. The monoisotopic (exact) mass is 399 g/mol. The van der Waals surface area contributed by atoms with Crippen molar-refractivity contribution in [3.63, 3.8) is 0 Å². The highest BCUT2D eigenvalue weighted by molar-refractivity contribution is 8.26. The van der Waals surface area contributed by atoms with Gasteiger partial charge in [0.1, 0.15) is 15.8 Å². The average Bonchev–Trinajstić information content (AvgIpc) is 2.99. The molecule has 2 aromatic rings. The third-order valence-electron chi connectivity index (χ3n) is 3.96. The first-order valence-electron chi connectivity index (χ1n) is 8.83. The van der Waals surface area contributed by atoms with Crippen molar-refractivity contribution in [1.82, 2.24) is 5.32 Å². The second-order valence-electron chi connectivity index (χ2n) is 5.97. The lowest BCUT2D eigenvalue weighted by atomic mass is 10.2. The van der Waals surface area contributed by atoms with Crippen LogP contribution in [0.2, 0.25) is 0 Å². The van der Waals surface area contributed by atoms with Gasteiger partial charge in [0.05, 0.1) is 18.1 Å². The summed E-state index contributed by atoms with van der Waals surface area (Å²) in [4.78, 5) is 12.3. The number of thioether (sulfide) groups is 1. The van der Waals surface area contributed by atoms with Crippen LogP contribution in [0.15, 0.2) is 53.4 Å². The molecule has 0 radical (unpaired) electrons. The lowest BCUT2D eigenvalue weighted by Crippen LogP contribution is -2.17. The Morgan fingerprint density at radius 3 is 2.48 bits per heavy atom. The molecule has 1 aliphatic rings. The first kappa shape index (κ1) is 19.5. The van der Waals surface area contributed by atoms with Crippen molar-refractivity contribution >= 4 is 40.3 Å². The first-order chi connectivity index (χ1) is 13.1. The maximum absolute atomic E-state index is 11.7. The molecule has 6 heteroatoms. The number of nitrogens with one attached hydrogen (secondary N) is 1. The van der Waals surface area contributed by atoms with Gasteiger partial charge in [-0.2, -0.15) is 0 Å². The van der Waals surface area contributed by atoms with Crippen LogP contribution in [0.25, 0.3) is 6.08 Å². The normalized spacial score (nSPS) is 15.1. The summed E-state index contributed by atoms with van der Waals surface area (Å²) in [6.07, 6.45) is 3.63. The quantitative estimate of drug-likeness (QED) is 0.400. The Kier molecular flexibility index (Phi) is 6.90. The highest BCUT2D eigenvalue weighted by Gasteiger charge is 2.21. The molecule has 27 heavy (non-hydrogen) atoms. The fraction of sp³-hybridized carbons (Fsp3) is 0.238. The van der Waals surface area contributed by atoms with E-state index in [4.69, 9.17) is 21.7 Å². The molecule has 0 saturated carbocycles. The smallest absolute Gasteiger partial charge is 0.263 e. The van der Waals surface area contributed by atoms with Crippen LogP contribution in [0.1, 0.15) is 24.5 Å². The van der Waals surface area contributed by atoms with E-state index in [0.717, 1.165) is 29.9 Å². The fourth-order valence-electron chi connectivity index (χ4n) is 2.53. The van der Waals surface area contributed by atoms with Gasteiger partial charge in [-0.3, -0.25) is 4.79 Å². The van der Waals surface area contributed by atoms with Gasteiger partial charge in [0, 0.05) is 6.42 Å². The molecule has 4 nitrogen and oxygen atoms in total. The fourth-order valence-corrected chi connectivity index (χ4v) is 3.57. The number of benzene rings is 2. The van der Waals surface area contributed by atoms with Crippen molar-refractivity contribution in [3.8, 4) is 11.5 Å². The van der Waals surface area contributed by atoms with Crippen LogP contribution in [-0.2, 0) is 11.2 Å². The van der Waals surface area contributed by atoms with Crippen LogP contribution in [0, 0.1) is 0 Å². The van der Waals surface area contributed by atoms with E-state index in [1.807, 2.05) is 42.5 Å². The highest BCUT2D eigenvalue weighted by atomic mass is 32.2. The van der Waals surface area contributed by atoms with Crippen LogP contribution >= 0.6 is 24.0 Å². The summed E-state index contributed by atoms with van der Waals surface area (Å²) in [6, 6.07) is 15.8. The Balaban J connectivity index is 1.45. The van der Waals surface area contributed by atoms with Gasteiger partial charge in [-0.1, -0.05) is 55.2 Å². The van der Waals surface area contributed by atoms with Crippen LogP contribution in [0.3, 0.4) is 0 Å². The van der Waals surface area contributed by atoms with E-state index in [-0.39, 0.29) is 5.91 Å². The van der Waals surface area contributed by atoms with Crippen LogP contribution < -0.4 is 14.8 Å². The number of carbonyl (C=O) groups is 1. The number of hydrogen-bond acceptors (Lipinski definition) is 5. The molecular formula is C21H21NO3S2. The standard InChI is InChI=1S/C21H21NO3S2/c1-2-15-7-9-17(10-8-15)24-11-4-12-25-18-6-3-5-16(13-18)14-19-20(23)22-21(26)27-19/h3,5-10,13-14H,2,4,11-12H2,1H3,(H,22,23,26)/b19-14+. The van der Waals surface area contributed by atoms with Gasteiger partial charge < -0.3 is 14.8 Å². The van der Waals surface area contributed by atoms with E-state index in [1.165, 1.54) is 17.3 Å². The predicted molar refractivity (Wildman–Crippen MR) is 114 cm³/mol. The Hall–Kier alpha value is -2.31. The minimum atomic E-state index is -0.152. The zero-order valence-electron chi connectivity index (χ0n) is 15.1. The van der Waals surface area contributed by atoms with Crippen molar-refractivity contribution in [2.75, 3.05) is 13.2 Å². The van der Waals surface area contributed by atoms with Gasteiger partial charge in [-0.25, -0.2) is 0 Å². The molecule has 0 aromatic heterocycles. The van der Waals surface area contributed by atoms with Gasteiger partial charge in [-0.15, -0.1) is 0 Å². The summed E-state index contributed by atoms with van der Waals surface area (Å²) in [7, 11) is 0. The molecule has 2 aromatic carbocycles. The summed E-state index contributed by atoms with van der Waals surface area (Å²) >= 11 is 6.27. The van der Waals surface area contributed by atoms with Crippen molar-refractivity contribution in [1.29, 1.82) is 0 Å². The Morgan fingerprint density at radius 2 is 1.81 bits per heavy atom. The van der Waals surface area contributed by atoms with Gasteiger partial charge in [-0.05, 0) is 47.9 Å². The number of rotatable bonds is 8. The van der Waals surface area contributed by atoms with E-state index >= 15 is 0 Å². The molecule has 0 spiro atoms. The van der Waals surface area contributed by atoms with E-state index < -0.39 is 0 Å². The number of amides is 1. The molecular weight excluding hydrogens is 378 g/mol. The summed E-state index contributed by atoms with van der Waals surface area (Å²) in [5.41, 5.74) is 2.21. The number of carbonyl (C=O) groups excluding carboxylic acids is 1. The van der Waals surface area contributed by atoms with Crippen LogP contribution in [0.5, 0.6) is 11.5 Å². The first-order valence-corrected chi connectivity index (χ1v) is 10.1. The molecule has 0 bridgehead atoms. The van der Waals surface area contributed by atoms with Crippen molar-refractivity contribution in [3.05, 3.63) is 64.6 Å². The topological polar surface area (TPSA) is 47.6 Å². The minimum absolute atomic E-state index is 0.152. The van der Waals surface area contributed by atoms with E-state index in [2.05, 4.69) is 24.4 Å². The molecule has 3 rings (SSSR count). The molecule has 1 fully saturated rings. The lowest BCUT2D eigenvalue weighted by Gasteiger charge is -2.09. The molecule has 140 valence electrons. The third-order valence-corrected chi connectivity index (χ3v) is 5.12. The maximum atomic E-state index is 11.7. The van der Waals surface area contributed by atoms with Crippen molar-refractivity contribution in [2.45, 2.75) is 19.8 Å². The van der Waals surface area contributed by atoms with E-state index in [0.29, 0.717) is 22.4 Å². The molecule has 1 aliphatic heterocycles. The summed E-state index contributed by atoms with van der Waals surface area (Å²) in [5.74, 6) is 1.49. The second-order valence-corrected chi connectivity index (χ2v) is 7.69. The average molecular weight is 400 g/mol. The molecule has 1 heterocycles. The third kappa shape index (κ3) is 5.84. The summed E-state index contributed by atoms with van der Waals surface area (Å²) in [6.45, 7) is 3.30. The highest BCUT2D eigenvalue weighted by Crippen LogP contribution is 2.26. The predicted octanol–water partition coefficient (Wildman–Crippen LogP) is 4.59. The number of ether oxygens (including phenoxy) is 2. The van der Waals surface area contributed by atoms with Gasteiger partial charge in [0.25, 0.3) is 5.91 Å². The molecule has 1 amide bonds.